The van der Waals surface area contributed by atoms with Gasteiger partial charge in [0.25, 0.3) is 0 Å². The van der Waals surface area contributed by atoms with Gasteiger partial charge in [-0.2, -0.15) is 0 Å². The van der Waals surface area contributed by atoms with Crippen molar-refractivity contribution in [3.8, 4) is 17.0 Å². The molecule has 0 atom stereocenters. The molecule has 34 heavy (non-hydrogen) atoms. The summed E-state index contributed by atoms with van der Waals surface area (Å²) in [5.41, 5.74) is 2.99. The number of nitrogens with one attached hydrogen (secondary N) is 3. The van der Waals surface area contributed by atoms with E-state index in [0.29, 0.717) is 29.7 Å². The molecule has 0 radical (unpaired) electrons. The Labute approximate surface area is 202 Å². The molecule has 0 spiro atoms. The molecule has 0 aliphatic rings. The molecule has 4 aromatic rings. The molecule has 0 unspecified atom stereocenters. The van der Waals surface area contributed by atoms with Gasteiger partial charge >= 0.3 is 6.03 Å². The highest BCUT2D eigenvalue weighted by molar-refractivity contribution is 7.99. The highest BCUT2D eigenvalue weighted by Gasteiger charge is 2.11. The number of rotatable bonds is 8. The van der Waals surface area contributed by atoms with Crippen LogP contribution >= 0.6 is 11.8 Å². The van der Waals surface area contributed by atoms with Crippen LogP contribution in [0.5, 0.6) is 5.75 Å². The monoisotopic (exact) mass is 472 g/mol. The molecule has 2 aromatic heterocycles. The molecule has 0 saturated carbocycles. The standard InChI is InChI=1S/C25H24N6O2S/c1-3-33-22-9-5-4-8-21(22)31-25(32)29-17-10-12-18(13-11-17)34-23-19(7-6-15-27-23)20-14-16-28-24(26-2)30-20/h4-16H,3H2,1-2H3,(H,26,28,30)(H2,29,31,32). The van der Waals surface area contributed by atoms with E-state index in [4.69, 9.17) is 4.74 Å². The lowest BCUT2D eigenvalue weighted by molar-refractivity contribution is 0.262. The fourth-order valence-corrected chi connectivity index (χ4v) is 4.04. The number of nitrogens with zero attached hydrogens (tertiary/aromatic N) is 3. The number of pyridine rings is 1. The molecule has 3 N–H and O–H groups in total. The van der Waals surface area contributed by atoms with E-state index in [1.165, 1.54) is 11.8 Å². The van der Waals surface area contributed by atoms with Crippen LogP contribution in [0.15, 0.2) is 89.0 Å². The summed E-state index contributed by atoms with van der Waals surface area (Å²) in [4.78, 5) is 26.7. The van der Waals surface area contributed by atoms with Crippen molar-refractivity contribution in [2.24, 2.45) is 0 Å². The van der Waals surface area contributed by atoms with Gasteiger partial charge in [0, 0.05) is 35.6 Å². The number of amides is 2. The molecule has 8 nitrogen and oxygen atoms in total. The summed E-state index contributed by atoms with van der Waals surface area (Å²) in [6.45, 7) is 2.42. The molecule has 2 aromatic carbocycles. The molecule has 9 heteroatoms. The van der Waals surface area contributed by atoms with E-state index < -0.39 is 0 Å². The molecule has 0 aliphatic carbocycles. The number of carbonyl (C=O) groups is 1. The quantitative estimate of drug-likeness (QED) is 0.299. The normalized spacial score (nSPS) is 10.4. The molecular weight excluding hydrogens is 448 g/mol. The smallest absolute Gasteiger partial charge is 0.323 e. The Kier molecular flexibility index (Phi) is 7.56. The predicted molar refractivity (Wildman–Crippen MR) is 136 cm³/mol. The summed E-state index contributed by atoms with van der Waals surface area (Å²) in [5.74, 6) is 1.18. The minimum Gasteiger partial charge on any atom is -0.492 e. The second-order valence-electron chi connectivity index (χ2n) is 7.01. The largest absolute Gasteiger partial charge is 0.492 e. The van der Waals surface area contributed by atoms with Crippen molar-refractivity contribution in [1.82, 2.24) is 15.0 Å². The van der Waals surface area contributed by atoms with E-state index in [1.54, 1.807) is 25.5 Å². The number of hydrogen-bond acceptors (Lipinski definition) is 7. The van der Waals surface area contributed by atoms with Crippen LogP contribution < -0.4 is 20.7 Å². The van der Waals surface area contributed by atoms with Crippen LogP contribution in [0.1, 0.15) is 6.92 Å². The van der Waals surface area contributed by atoms with Crippen molar-refractivity contribution in [2.45, 2.75) is 16.8 Å². The number of carbonyl (C=O) groups excluding carboxylic acids is 1. The van der Waals surface area contributed by atoms with Gasteiger partial charge in [-0.3, -0.25) is 0 Å². The summed E-state index contributed by atoms with van der Waals surface area (Å²) in [6, 6.07) is 20.3. The van der Waals surface area contributed by atoms with Gasteiger partial charge < -0.3 is 20.7 Å². The fraction of sp³-hybridized carbons (Fsp3) is 0.120. The first-order chi connectivity index (χ1) is 16.7. The van der Waals surface area contributed by atoms with Crippen molar-refractivity contribution in [3.05, 3.63) is 79.1 Å². The molecule has 2 heterocycles. The number of ether oxygens (including phenoxy) is 1. The zero-order chi connectivity index (χ0) is 23.8. The zero-order valence-corrected chi connectivity index (χ0v) is 19.6. The summed E-state index contributed by atoms with van der Waals surface area (Å²) in [5, 5.41) is 9.46. The van der Waals surface area contributed by atoms with Gasteiger partial charge in [-0.1, -0.05) is 23.9 Å². The third-order valence-electron chi connectivity index (χ3n) is 4.69. The van der Waals surface area contributed by atoms with Crippen LogP contribution in [0, 0.1) is 0 Å². The van der Waals surface area contributed by atoms with Gasteiger partial charge in [-0.25, -0.2) is 19.7 Å². The summed E-state index contributed by atoms with van der Waals surface area (Å²) < 4.78 is 5.55. The topological polar surface area (TPSA) is 101 Å². The lowest BCUT2D eigenvalue weighted by Gasteiger charge is -2.12. The Morgan fingerprint density at radius 3 is 2.56 bits per heavy atom. The number of urea groups is 1. The maximum Gasteiger partial charge on any atom is 0.323 e. The average molecular weight is 473 g/mol. The molecular formula is C25H24N6O2S. The lowest BCUT2D eigenvalue weighted by atomic mass is 10.2. The van der Waals surface area contributed by atoms with Crippen molar-refractivity contribution in [1.29, 1.82) is 0 Å². The second kappa shape index (κ2) is 11.2. The van der Waals surface area contributed by atoms with E-state index in [1.807, 2.05) is 67.6 Å². The Bertz CT molecular complexity index is 1270. The summed E-state index contributed by atoms with van der Waals surface area (Å²) in [6.07, 6.45) is 3.47. The van der Waals surface area contributed by atoms with Crippen LogP contribution in [0.2, 0.25) is 0 Å². The highest BCUT2D eigenvalue weighted by Crippen LogP contribution is 2.34. The molecule has 0 bridgehead atoms. The maximum atomic E-state index is 12.5. The van der Waals surface area contributed by atoms with Gasteiger partial charge in [-0.15, -0.1) is 0 Å². The number of para-hydroxylation sites is 2. The van der Waals surface area contributed by atoms with Crippen LogP contribution in [0.25, 0.3) is 11.3 Å². The Balaban J connectivity index is 1.44. The molecule has 172 valence electrons. The van der Waals surface area contributed by atoms with E-state index in [2.05, 4.69) is 30.9 Å². The van der Waals surface area contributed by atoms with Crippen molar-refractivity contribution in [2.75, 3.05) is 29.6 Å². The predicted octanol–water partition coefficient (Wildman–Crippen LogP) is 5.77. The van der Waals surface area contributed by atoms with E-state index in [0.717, 1.165) is 21.2 Å². The van der Waals surface area contributed by atoms with Crippen molar-refractivity contribution >= 4 is 35.1 Å². The van der Waals surface area contributed by atoms with E-state index >= 15 is 0 Å². The average Bonchev–Trinajstić information content (AvgIpc) is 2.87. The van der Waals surface area contributed by atoms with Gasteiger partial charge in [0.05, 0.1) is 18.0 Å². The van der Waals surface area contributed by atoms with Gasteiger partial charge in [-0.05, 0) is 61.5 Å². The Hall–Kier alpha value is -4.11. The minimum atomic E-state index is -0.344. The van der Waals surface area contributed by atoms with Gasteiger partial charge in [0.15, 0.2) is 0 Å². The summed E-state index contributed by atoms with van der Waals surface area (Å²) >= 11 is 1.52. The van der Waals surface area contributed by atoms with Crippen LogP contribution in [0.3, 0.4) is 0 Å². The molecule has 2 amide bonds. The van der Waals surface area contributed by atoms with Gasteiger partial charge in [0.1, 0.15) is 10.8 Å². The van der Waals surface area contributed by atoms with Crippen LogP contribution in [0.4, 0.5) is 22.1 Å². The molecule has 4 rings (SSSR count). The number of anilines is 3. The number of hydrogen-bond donors (Lipinski definition) is 3. The highest BCUT2D eigenvalue weighted by atomic mass is 32.2. The Morgan fingerprint density at radius 2 is 1.76 bits per heavy atom. The molecule has 0 aliphatic heterocycles. The van der Waals surface area contributed by atoms with Crippen LogP contribution in [-0.2, 0) is 0 Å². The maximum absolute atomic E-state index is 12.5. The Morgan fingerprint density at radius 1 is 0.941 bits per heavy atom. The molecule has 0 fully saturated rings. The minimum absolute atomic E-state index is 0.344. The zero-order valence-electron chi connectivity index (χ0n) is 18.8. The van der Waals surface area contributed by atoms with E-state index in [-0.39, 0.29) is 6.03 Å². The van der Waals surface area contributed by atoms with Crippen molar-refractivity contribution in [3.63, 3.8) is 0 Å². The summed E-state index contributed by atoms with van der Waals surface area (Å²) in [7, 11) is 1.78. The van der Waals surface area contributed by atoms with Crippen molar-refractivity contribution < 1.29 is 9.53 Å². The molecule has 0 saturated heterocycles. The second-order valence-corrected chi connectivity index (χ2v) is 8.07. The fourth-order valence-electron chi connectivity index (χ4n) is 3.15. The first-order valence-corrected chi connectivity index (χ1v) is 11.5. The lowest BCUT2D eigenvalue weighted by Crippen LogP contribution is -2.19. The third-order valence-corrected chi connectivity index (χ3v) is 5.71. The first-order valence-electron chi connectivity index (χ1n) is 10.7. The van der Waals surface area contributed by atoms with Crippen LogP contribution in [-0.4, -0.2) is 34.6 Å². The number of benzene rings is 2. The van der Waals surface area contributed by atoms with Gasteiger partial charge in [0.2, 0.25) is 5.95 Å². The third kappa shape index (κ3) is 5.81. The number of aromatic nitrogens is 3. The first kappa shape index (κ1) is 23.1. The van der Waals surface area contributed by atoms with E-state index in [9.17, 15) is 4.79 Å². The SMILES string of the molecule is CCOc1ccccc1NC(=O)Nc1ccc(Sc2ncccc2-c2ccnc(NC)n2)cc1.